The van der Waals surface area contributed by atoms with Gasteiger partial charge in [-0.1, -0.05) is 19.9 Å². The van der Waals surface area contributed by atoms with Gasteiger partial charge in [-0.2, -0.15) is 0 Å². The summed E-state index contributed by atoms with van der Waals surface area (Å²) in [6, 6.07) is 5.28. The van der Waals surface area contributed by atoms with Crippen LogP contribution in [0.2, 0.25) is 0 Å². The minimum absolute atomic E-state index is 0.0844. The molecule has 21 heavy (non-hydrogen) atoms. The van der Waals surface area contributed by atoms with Gasteiger partial charge in [0.05, 0.1) is 11.0 Å². The third-order valence-corrected chi connectivity index (χ3v) is 6.35. The predicted octanol–water partition coefficient (Wildman–Crippen LogP) is 1.38. The van der Waals surface area contributed by atoms with Crippen LogP contribution < -0.4 is 10.0 Å². The first kappa shape index (κ1) is 15.0. The molecule has 1 fully saturated rings. The van der Waals surface area contributed by atoms with Crippen molar-refractivity contribution in [3.8, 4) is 0 Å². The number of hydrogen-bond acceptors (Lipinski definition) is 4. The van der Waals surface area contributed by atoms with Gasteiger partial charge in [0, 0.05) is 31.7 Å². The number of methoxy groups -OCH3 is 1. The molecule has 1 aliphatic heterocycles. The molecule has 116 valence electrons. The van der Waals surface area contributed by atoms with Crippen molar-refractivity contribution >= 4 is 10.0 Å². The van der Waals surface area contributed by atoms with Crippen molar-refractivity contribution in [2.45, 2.75) is 50.4 Å². The van der Waals surface area contributed by atoms with Crippen LogP contribution in [0.4, 0.5) is 0 Å². The second kappa shape index (κ2) is 5.05. The van der Waals surface area contributed by atoms with Gasteiger partial charge in [-0.25, -0.2) is 13.1 Å². The van der Waals surface area contributed by atoms with Crippen LogP contribution >= 0.6 is 0 Å². The van der Waals surface area contributed by atoms with E-state index in [9.17, 15) is 8.42 Å². The molecule has 1 aromatic rings. The summed E-state index contributed by atoms with van der Waals surface area (Å²) >= 11 is 0. The SMILES string of the molecule is COC1CC(NS(=O)(=O)c2ccc3c(c2)CNC3)C1(C)C. The molecule has 1 aliphatic carbocycles. The predicted molar refractivity (Wildman–Crippen MR) is 80.3 cm³/mol. The number of benzene rings is 1. The van der Waals surface area contributed by atoms with Gasteiger partial charge in [0.25, 0.3) is 0 Å². The summed E-state index contributed by atoms with van der Waals surface area (Å²) in [7, 11) is -1.81. The van der Waals surface area contributed by atoms with Crippen LogP contribution in [-0.2, 0) is 27.8 Å². The van der Waals surface area contributed by atoms with Crippen molar-refractivity contribution < 1.29 is 13.2 Å². The van der Waals surface area contributed by atoms with E-state index < -0.39 is 10.0 Å². The fourth-order valence-corrected chi connectivity index (χ4v) is 4.63. The van der Waals surface area contributed by atoms with E-state index in [2.05, 4.69) is 10.0 Å². The van der Waals surface area contributed by atoms with Crippen molar-refractivity contribution in [2.24, 2.45) is 5.41 Å². The number of fused-ring (bicyclic) bond motifs is 1. The Bertz CT molecular complexity index is 655. The van der Waals surface area contributed by atoms with Crippen LogP contribution in [0.25, 0.3) is 0 Å². The average Bonchev–Trinajstić information content (AvgIpc) is 2.90. The fraction of sp³-hybridized carbons (Fsp3) is 0.600. The highest BCUT2D eigenvalue weighted by atomic mass is 32.2. The van der Waals surface area contributed by atoms with Crippen LogP contribution in [0.5, 0.6) is 0 Å². The molecule has 0 radical (unpaired) electrons. The number of ether oxygens (including phenoxy) is 1. The normalized spacial score (nSPS) is 27.2. The largest absolute Gasteiger partial charge is 0.381 e. The molecule has 1 aromatic carbocycles. The van der Waals surface area contributed by atoms with E-state index >= 15 is 0 Å². The highest BCUT2D eigenvalue weighted by Crippen LogP contribution is 2.43. The van der Waals surface area contributed by atoms with Gasteiger partial charge in [0.1, 0.15) is 0 Å². The lowest BCUT2D eigenvalue weighted by Gasteiger charge is -2.50. The Morgan fingerprint density at radius 3 is 2.67 bits per heavy atom. The molecule has 1 saturated carbocycles. The van der Waals surface area contributed by atoms with Crippen molar-refractivity contribution in [3.63, 3.8) is 0 Å². The van der Waals surface area contributed by atoms with Crippen LogP contribution in [0, 0.1) is 5.41 Å². The number of nitrogens with one attached hydrogen (secondary N) is 2. The van der Waals surface area contributed by atoms with Gasteiger partial charge >= 0.3 is 0 Å². The summed E-state index contributed by atoms with van der Waals surface area (Å²) < 4.78 is 33.3. The molecular formula is C15H22N2O3S. The fourth-order valence-electron chi connectivity index (χ4n) is 3.18. The lowest BCUT2D eigenvalue weighted by atomic mass is 9.65. The summed E-state index contributed by atoms with van der Waals surface area (Å²) in [5.41, 5.74) is 2.07. The van der Waals surface area contributed by atoms with E-state index in [0.717, 1.165) is 25.1 Å². The van der Waals surface area contributed by atoms with E-state index in [1.807, 2.05) is 19.9 Å². The molecule has 0 bridgehead atoms. The Hall–Kier alpha value is -0.950. The Morgan fingerprint density at radius 1 is 1.29 bits per heavy atom. The molecule has 0 spiro atoms. The van der Waals surface area contributed by atoms with Crippen LogP contribution in [0.15, 0.2) is 23.1 Å². The Morgan fingerprint density at radius 2 is 2.00 bits per heavy atom. The maximum atomic E-state index is 12.5. The zero-order valence-corrected chi connectivity index (χ0v) is 13.5. The molecule has 3 rings (SSSR count). The molecule has 5 nitrogen and oxygen atoms in total. The highest BCUT2D eigenvalue weighted by molar-refractivity contribution is 7.89. The van der Waals surface area contributed by atoms with Gasteiger partial charge in [-0.15, -0.1) is 0 Å². The van der Waals surface area contributed by atoms with Crippen molar-refractivity contribution in [1.29, 1.82) is 0 Å². The zero-order chi connectivity index (χ0) is 15.3. The Labute approximate surface area is 126 Å². The number of sulfonamides is 1. The second-order valence-electron chi connectivity index (χ2n) is 6.49. The molecular weight excluding hydrogens is 288 g/mol. The lowest BCUT2D eigenvalue weighted by Crippen LogP contribution is -2.61. The molecule has 1 heterocycles. The highest BCUT2D eigenvalue weighted by Gasteiger charge is 2.50. The Kier molecular flexibility index (Phi) is 3.60. The van der Waals surface area contributed by atoms with Crippen LogP contribution in [-0.4, -0.2) is 27.7 Å². The number of hydrogen-bond donors (Lipinski definition) is 2. The van der Waals surface area contributed by atoms with E-state index in [1.165, 1.54) is 5.56 Å². The minimum atomic E-state index is -3.48. The standard InChI is InChI=1S/C15H22N2O3S/c1-15(2)13(7-14(15)20-3)17-21(18,19)12-5-4-10-8-16-9-11(10)6-12/h4-6,13-14,16-17H,7-9H2,1-3H3. The molecule has 2 atom stereocenters. The van der Waals surface area contributed by atoms with Crippen molar-refractivity contribution in [1.82, 2.24) is 10.0 Å². The summed E-state index contributed by atoms with van der Waals surface area (Å²) in [6.07, 6.45) is 0.823. The zero-order valence-electron chi connectivity index (χ0n) is 12.6. The van der Waals surface area contributed by atoms with E-state index in [-0.39, 0.29) is 17.6 Å². The van der Waals surface area contributed by atoms with Crippen LogP contribution in [0.1, 0.15) is 31.4 Å². The second-order valence-corrected chi connectivity index (χ2v) is 8.20. The van der Waals surface area contributed by atoms with Crippen molar-refractivity contribution in [2.75, 3.05) is 7.11 Å². The third-order valence-electron chi connectivity index (χ3n) is 4.88. The maximum Gasteiger partial charge on any atom is 0.240 e. The van der Waals surface area contributed by atoms with Gasteiger partial charge in [-0.05, 0) is 29.7 Å². The topological polar surface area (TPSA) is 67.4 Å². The van der Waals surface area contributed by atoms with Gasteiger partial charge in [0.2, 0.25) is 10.0 Å². The monoisotopic (exact) mass is 310 g/mol. The van der Waals surface area contributed by atoms with E-state index in [1.54, 1.807) is 19.2 Å². The van der Waals surface area contributed by atoms with Gasteiger partial charge in [0.15, 0.2) is 0 Å². The summed E-state index contributed by atoms with van der Waals surface area (Å²) in [5, 5.41) is 3.22. The molecule has 0 amide bonds. The van der Waals surface area contributed by atoms with Crippen LogP contribution in [0.3, 0.4) is 0 Å². The first-order valence-corrected chi connectivity index (χ1v) is 8.70. The first-order valence-electron chi connectivity index (χ1n) is 7.22. The van der Waals surface area contributed by atoms with Gasteiger partial charge in [-0.3, -0.25) is 0 Å². The molecule has 0 saturated heterocycles. The molecule has 2 aliphatic rings. The van der Waals surface area contributed by atoms with E-state index in [4.69, 9.17) is 4.74 Å². The maximum absolute atomic E-state index is 12.5. The molecule has 6 heteroatoms. The van der Waals surface area contributed by atoms with Crippen molar-refractivity contribution in [3.05, 3.63) is 29.3 Å². The van der Waals surface area contributed by atoms with E-state index in [0.29, 0.717) is 4.90 Å². The average molecular weight is 310 g/mol. The quantitative estimate of drug-likeness (QED) is 0.882. The lowest BCUT2D eigenvalue weighted by molar-refractivity contribution is -0.0908. The third kappa shape index (κ3) is 2.50. The minimum Gasteiger partial charge on any atom is -0.381 e. The first-order chi connectivity index (χ1) is 9.84. The molecule has 2 unspecified atom stereocenters. The summed E-state index contributed by atoms with van der Waals surface area (Å²) in [4.78, 5) is 0.349. The summed E-state index contributed by atoms with van der Waals surface area (Å²) in [5.74, 6) is 0. The van der Waals surface area contributed by atoms with Gasteiger partial charge < -0.3 is 10.1 Å². The number of rotatable bonds is 4. The molecule has 2 N–H and O–H groups in total. The summed E-state index contributed by atoms with van der Waals surface area (Å²) in [6.45, 7) is 5.61. The Balaban J connectivity index is 1.79. The molecule has 0 aromatic heterocycles. The smallest absolute Gasteiger partial charge is 0.240 e.